The van der Waals surface area contributed by atoms with Crippen molar-refractivity contribution in [1.82, 2.24) is 10.3 Å². The van der Waals surface area contributed by atoms with Crippen LogP contribution in [0.25, 0.3) is 10.2 Å². The second kappa shape index (κ2) is 8.24. The molecule has 0 unspecified atom stereocenters. The summed E-state index contributed by atoms with van der Waals surface area (Å²) in [5.74, 6) is -0.331. The Balaban J connectivity index is 1.57. The number of fused-ring (bicyclic) bond motifs is 1. The SMILES string of the molecule is CS(=O)(=O)Nc1ccc2nc(SCC(=O)NCc3cccc(F)c3)sc2c1. The summed E-state index contributed by atoms with van der Waals surface area (Å²) in [6.07, 6.45) is 1.09. The normalized spacial score (nSPS) is 11.5. The number of halogens is 1. The Morgan fingerprint density at radius 3 is 2.81 bits per heavy atom. The molecule has 0 spiro atoms. The molecule has 0 bridgehead atoms. The molecule has 0 fully saturated rings. The van der Waals surface area contributed by atoms with E-state index in [1.54, 1.807) is 30.3 Å². The molecule has 0 atom stereocenters. The fraction of sp³-hybridized carbons (Fsp3) is 0.176. The summed E-state index contributed by atoms with van der Waals surface area (Å²) < 4.78 is 39.7. The highest BCUT2D eigenvalue weighted by Gasteiger charge is 2.10. The predicted octanol–water partition coefficient (Wildman–Crippen LogP) is 3.22. The molecule has 0 aliphatic heterocycles. The summed E-state index contributed by atoms with van der Waals surface area (Å²) in [7, 11) is -3.34. The molecule has 142 valence electrons. The fourth-order valence-corrected chi connectivity index (χ4v) is 4.76. The molecule has 10 heteroatoms. The van der Waals surface area contributed by atoms with Crippen molar-refractivity contribution >= 4 is 54.9 Å². The van der Waals surface area contributed by atoms with E-state index in [2.05, 4.69) is 15.0 Å². The van der Waals surface area contributed by atoms with E-state index < -0.39 is 10.0 Å². The lowest BCUT2D eigenvalue weighted by Gasteiger charge is -2.04. The van der Waals surface area contributed by atoms with Crippen LogP contribution in [0.1, 0.15) is 5.56 Å². The van der Waals surface area contributed by atoms with Gasteiger partial charge in [-0.05, 0) is 35.9 Å². The number of anilines is 1. The van der Waals surface area contributed by atoms with Crippen LogP contribution in [0.4, 0.5) is 10.1 Å². The molecule has 3 rings (SSSR count). The van der Waals surface area contributed by atoms with Crippen LogP contribution in [0.3, 0.4) is 0 Å². The van der Waals surface area contributed by atoms with Gasteiger partial charge in [0, 0.05) is 6.54 Å². The summed E-state index contributed by atoms with van der Waals surface area (Å²) in [6, 6.07) is 11.2. The molecule has 2 N–H and O–H groups in total. The number of thioether (sulfide) groups is 1. The fourth-order valence-electron chi connectivity index (χ4n) is 2.27. The number of rotatable bonds is 7. The number of nitrogens with zero attached hydrogens (tertiary/aromatic N) is 1. The molecule has 1 amide bonds. The van der Waals surface area contributed by atoms with Gasteiger partial charge in [0.15, 0.2) is 4.34 Å². The second-order valence-corrected chi connectivity index (χ2v) is 9.73. The van der Waals surface area contributed by atoms with Crippen molar-refractivity contribution in [3.8, 4) is 0 Å². The maximum atomic E-state index is 13.1. The van der Waals surface area contributed by atoms with Crippen molar-refractivity contribution in [3.63, 3.8) is 0 Å². The number of aromatic nitrogens is 1. The molecule has 0 radical (unpaired) electrons. The van der Waals surface area contributed by atoms with Gasteiger partial charge >= 0.3 is 0 Å². The number of hydrogen-bond donors (Lipinski definition) is 2. The Hall–Kier alpha value is -2.17. The highest BCUT2D eigenvalue weighted by Crippen LogP contribution is 2.31. The van der Waals surface area contributed by atoms with Gasteiger partial charge in [0.05, 0.1) is 27.9 Å². The van der Waals surface area contributed by atoms with Crippen LogP contribution >= 0.6 is 23.1 Å². The Labute approximate surface area is 164 Å². The minimum Gasteiger partial charge on any atom is -0.351 e. The highest BCUT2D eigenvalue weighted by atomic mass is 32.2. The highest BCUT2D eigenvalue weighted by molar-refractivity contribution is 8.01. The van der Waals surface area contributed by atoms with Crippen molar-refractivity contribution in [3.05, 3.63) is 53.8 Å². The van der Waals surface area contributed by atoms with Crippen LogP contribution in [0.15, 0.2) is 46.8 Å². The van der Waals surface area contributed by atoms with Gasteiger partial charge in [-0.15, -0.1) is 11.3 Å². The van der Waals surface area contributed by atoms with Crippen LogP contribution in [0.5, 0.6) is 0 Å². The van der Waals surface area contributed by atoms with Gasteiger partial charge in [-0.2, -0.15) is 0 Å². The van der Waals surface area contributed by atoms with Crippen molar-refractivity contribution in [2.45, 2.75) is 10.9 Å². The third-order valence-corrected chi connectivity index (χ3v) is 6.15. The molecule has 3 aromatic rings. The first-order chi connectivity index (χ1) is 12.8. The topological polar surface area (TPSA) is 88.2 Å². The third kappa shape index (κ3) is 5.91. The summed E-state index contributed by atoms with van der Waals surface area (Å²) in [5, 5.41) is 2.74. The monoisotopic (exact) mass is 425 g/mol. The number of nitrogens with one attached hydrogen (secondary N) is 2. The maximum Gasteiger partial charge on any atom is 0.230 e. The van der Waals surface area contributed by atoms with E-state index in [0.717, 1.165) is 16.5 Å². The number of hydrogen-bond acceptors (Lipinski definition) is 6. The van der Waals surface area contributed by atoms with Crippen molar-refractivity contribution in [1.29, 1.82) is 0 Å². The smallest absolute Gasteiger partial charge is 0.230 e. The Morgan fingerprint density at radius 2 is 2.07 bits per heavy atom. The quantitative estimate of drug-likeness (QED) is 0.568. The minimum atomic E-state index is -3.34. The lowest BCUT2D eigenvalue weighted by atomic mass is 10.2. The van der Waals surface area contributed by atoms with E-state index in [0.29, 0.717) is 15.6 Å². The Morgan fingerprint density at radius 1 is 1.26 bits per heavy atom. The van der Waals surface area contributed by atoms with Crippen molar-refractivity contribution < 1.29 is 17.6 Å². The molecular weight excluding hydrogens is 409 g/mol. The van der Waals surface area contributed by atoms with Crippen molar-refractivity contribution in [2.75, 3.05) is 16.7 Å². The molecule has 0 saturated heterocycles. The average molecular weight is 426 g/mol. The van der Waals surface area contributed by atoms with Gasteiger partial charge < -0.3 is 5.32 Å². The van der Waals surface area contributed by atoms with E-state index in [1.165, 1.54) is 35.2 Å². The van der Waals surface area contributed by atoms with Gasteiger partial charge in [0.1, 0.15) is 5.82 Å². The number of amides is 1. The van der Waals surface area contributed by atoms with Crippen molar-refractivity contribution in [2.24, 2.45) is 0 Å². The molecule has 6 nitrogen and oxygen atoms in total. The number of thiazole rings is 1. The predicted molar refractivity (Wildman–Crippen MR) is 107 cm³/mol. The van der Waals surface area contributed by atoms with Crippen LogP contribution in [-0.2, 0) is 21.4 Å². The molecule has 1 heterocycles. The lowest BCUT2D eigenvalue weighted by Crippen LogP contribution is -2.24. The van der Waals surface area contributed by atoms with Gasteiger partial charge in [0.2, 0.25) is 15.9 Å². The molecule has 2 aromatic carbocycles. The molecule has 0 saturated carbocycles. The summed E-state index contributed by atoms with van der Waals surface area (Å²) >= 11 is 2.68. The van der Waals surface area contributed by atoms with Crippen LogP contribution in [0, 0.1) is 5.82 Å². The molecule has 0 aliphatic rings. The van der Waals surface area contributed by atoms with Crippen LogP contribution in [-0.4, -0.2) is 31.3 Å². The number of carbonyl (C=O) groups excluding carboxylic acids is 1. The van der Waals surface area contributed by atoms with Gasteiger partial charge in [-0.1, -0.05) is 23.9 Å². The Kier molecular flexibility index (Phi) is 5.98. The first-order valence-electron chi connectivity index (χ1n) is 7.81. The largest absolute Gasteiger partial charge is 0.351 e. The first-order valence-corrected chi connectivity index (χ1v) is 11.5. The van der Waals surface area contributed by atoms with E-state index in [9.17, 15) is 17.6 Å². The number of sulfonamides is 1. The molecule has 27 heavy (non-hydrogen) atoms. The number of carbonyl (C=O) groups is 1. The average Bonchev–Trinajstić information content (AvgIpc) is 2.99. The summed E-state index contributed by atoms with van der Waals surface area (Å²) in [5.41, 5.74) is 1.90. The van der Waals surface area contributed by atoms with E-state index >= 15 is 0 Å². The van der Waals surface area contributed by atoms with E-state index in [4.69, 9.17) is 0 Å². The third-order valence-electron chi connectivity index (χ3n) is 3.38. The summed E-state index contributed by atoms with van der Waals surface area (Å²) in [6.45, 7) is 0.261. The zero-order valence-electron chi connectivity index (χ0n) is 14.2. The zero-order valence-corrected chi connectivity index (χ0v) is 16.7. The second-order valence-electron chi connectivity index (χ2n) is 5.73. The summed E-state index contributed by atoms with van der Waals surface area (Å²) in [4.78, 5) is 16.4. The van der Waals surface area contributed by atoms with Gasteiger partial charge in [-0.3, -0.25) is 9.52 Å². The lowest BCUT2D eigenvalue weighted by molar-refractivity contribution is -0.118. The zero-order chi connectivity index (χ0) is 19.4. The van der Waals surface area contributed by atoms with E-state index in [1.807, 2.05) is 0 Å². The van der Waals surface area contributed by atoms with Crippen LogP contribution in [0.2, 0.25) is 0 Å². The minimum absolute atomic E-state index is 0.178. The van der Waals surface area contributed by atoms with Gasteiger partial charge in [0.25, 0.3) is 0 Å². The molecule has 0 aliphatic carbocycles. The first kappa shape index (κ1) is 19.6. The standard InChI is InChI=1S/C17H16FN3O3S3/c1-27(23,24)21-13-5-6-14-15(8-13)26-17(20-14)25-10-16(22)19-9-11-3-2-4-12(18)7-11/h2-8,21H,9-10H2,1H3,(H,19,22). The Bertz CT molecular complexity index is 1080. The number of benzene rings is 2. The molecular formula is C17H16FN3O3S3. The van der Waals surface area contributed by atoms with Gasteiger partial charge in [-0.25, -0.2) is 17.8 Å². The molecule has 1 aromatic heterocycles. The van der Waals surface area contributed by atoms with E-state index in [-0.39, 0.29) is 24.0 Å². The maximum absolute atomic E-state index is 13.1. The van der Waals surface area contributed by atoms with Crippen LogP contribution < -0.4 is 10.0 Å².